The number of aromatic hydroxyl groups is 1. The summed E-state index contributed by atoms with van der Waals surface area (Å²) in [5.41, 5.74) is 3.84. The Morgan fingerprint density at radius 2 is 1.63 bits per heavy atom. The van der Waals surface area contributed by atoms with E-state index in [2.05, 4.69) is 6.07 Å². The molecule has 4 nitrogen and oxygen atoms in total. The molecule has 0 saturated heterocycles. The Kier molecular flexibility index (Phi) is 3.80. The van der Waals surface area contributed by atoms with E-state index in [0.29, 0.717) is 10.6 Å². The van der Waals surface area contributed by atoms with Crippen LogP contribution in [0.5, 0.6) is 11.5 Å². The van der Waals surface area contributed by atoms with Gasteiger partial charge in [-0.2, -0.15) is 5.10 Å². The second-order valence-electron chi connectivity index (χ2n) is 6.72. The minimum atomic E-state index is -0.476. The highest BCUT2D eigenvalue weighted by molar-refractivity contribution is 6.30. The van der Waals surface area contributed by atoms with Crippen LogP contribution in [-0.4, -0.2) is 15.8 Å². The molecule has 0 unspecified atom stereocenters. The van der Waals surface area contributed by atoms with Gasteiger partial charge in [0.15, 0.2) is 0 Å². The van der Waals surface area contributed by atoms with Crippen molar-refractivity contribution in [3.8, 4) is 11.5 Å². The van der Waals surface area contributed by atoms with Crippen molar-refractivity contribution in [3.05, 3.63) is 94.5 Å². The number of halogens is 1. The molecular formula is C22H17ClN2O2. The van der Waals surface area contributed by atoms with E-state index in [-0.39, 0.29) is 11.8 Å². The number of benzene rings is 3. The molecule has 0 aromatic heterocycles. The maximum atomic E-state index is 10.4. The summed E-state index contributed by atoms with van der Waals surface area (Å²) in [6, 6.07) is 23.1. The summed E-state index contributed by atoms with van der Waals surface area (Å²) >= 11 is 6.03. The summed E-state index contributed by atoms with van der Waals surface area (Å²) in [6.45, 7) is 0. The highest BCUT2D eigenvalue weighted by Crippen LogP contribution is 2.48. The van der Waals surface area contributed by atoms with Crippen molar-refractivity contribution in [1.82, 2.24) is 5.01 Å². The van der Waals surface area contributed by atoms with Gasteiger partial charge in [0, 0.05) is 17.0 Å². The number of phenols is 1. The maximum absolute atomic E-state index is 10.4. The second-order valence-corrected chi connectivity index (χ2v) is 7.16. The zero-order chi connectivity index (χ0) is 18.4. The number of hydrogen-bond acceptors (Lipinski definition) is 4. The first-order valence-electron chi connectivity index (χ1n) is 8.86. The monoisotopic (exact) mass is 376 g/mol. The molecule has 2 heterocycles. The highest BCUT2D eigenvalue weighted by atomic mass is 35.5. The average molecular weight is 377 g/mol. The normalized spacial score (nSPS) is 20.5. The molecule has 0 spiro atoms. The van der Waals surface area contributed by atoms with Crippen molar-refractivity contribution in [3.63, 3.8) is 0 Å². The molecule has 5 heteroatoms. The van der Waals surface area contributed by atoms with Gasteiger partial charge in [-0.3, -0.25) is 0 Å². The number of ether oxygens (including phenoxy) is 1. The van der Waals surface area contributed by atoms with Gasteiger partial charge in [-0.05, 0) is 35.9 Å². The molecule has 5 rings (SSSR count). The van der Waals surface area contributed by atoms with E-state index >= 15 is 0 Å². The average Bonchev–Trinajstić information content (AvgIpc) is 3.14. The molecule has 3 aromatic rings. The molecule has 2 aliphatic rings. The zero-order valence-corrected chi connectivity index (χ0v) is 15.2. The van der Waals surface area contributed by atoms with Crippen LogP contribution in [0.4, 0.5) is 0 Å². The minimum Gasteiger partial charge on any atom is -0.507 e. The number of para-hydroxylation sites is 2. The van der Waals surface area contributed by atoms with E-state index < -0.39 is 6.23 Å². The van der Waals surface area contributed by atoms with Gasteiger partial charge in [0.05, 0.1) is 17.3 Å². The van der Waals surface area contributed by atoms with E-state index in [9.17, 15) is 5.11 Å². The molecular weight excluding hydrogens is 360 g/mol. The first kappa shape index (κ1) is 16.2. The largest absolute Gasteiger partial charge is 0.507 e. The molecule has 134 valence electrons. The summed E-state index contributed by atoms with van der Waals surface area (Å²) < 4.78 is 6.25. The number of rotatable bonds is 2. The lowest BCUT2D eigenvalue weighted by molar-refractivity contribution is -0.0203. The summed E-state index contributed by atoms with van der Waals surface area (Å²) in [7, 11) is 0. The number of hydrazone groups is 1. The molecule has 0 saturated carbocycles. The van der Waals surface area contributed by atoms with Crippen molar-refractivity contribution in [1.29, 1.82) is 0 Å². The van der Waals surface area contributed by atoms with Gasteiger partial charge in [-0.15, -0.1) is 0 Å². The van der Waals surface area contributed by atoms with E-state index in [1.165, 1.54) is 0 Å². The number of hydrogen-bond donors (Lipinski definition) is 1. The molecule has 3 aromatic carbocycles. The Labute approximate surface area is 162 Å². The quantitative estimate of drug-likeness (QED) is 0.661. The second kappa shape index (κ2) is 6.32. The van der Waals surface area contributed by atoms with Gasteiger partial charge in [-0.1, -0.05) is 54.1 Å². The van der Waals surface area contributed by atoms with Crippen LogP contribution in [0.25, 0.3) is 0 Å². The maximum Gasteiger partial charge on any atom is 0.217 e. The van der Waals surface area contributed by atoms with Crippen LogP contribution in [0.2, 0.25) is 5.02 Å². The van der Waals surface area contributed by atoms with Crippen LogP contribution in [0.1, 0.15) is 35.4 Å². The Bertz CT molecular complexity index is 1030. The fraction of sp³-hybridized carbons (Fsp3) is 0.136. The van der Waals surface area contributed by atoms with E-state index in [4.69, 9.17) is 21.4 Å². The van der Waals surface area contributed by atoms with Crippen molar-refractivity contribution in [2.24, 2.45) is 5.10 Å². The summed E-state index contributed by atoms with van der Waals surface area (Å²) in [6.07, 6.45) is 0.294. The van der Waals surface area contributed by atoms with Crippen LogP contribution in [0.15, 0.2) is 77.9 Å². The van der Waals surface area contributed by atoms with Crippen molar-refractivity contribution < 1.29 is 9.84 Å². The van der Waals surface area contributed by atoms with Crippen LogP contribution in [-0.2, 0) is 0 Å². The fourth-order valence-corrected chi connectivity index (χ4v) is 3.88. The zero-order valence-electron chi connectivity index (χ0n) is 14.4. The van der Waals surface area contributed by atoms with Gasteiger partial charge in [0.2, 0.25) is 6.23 Å². The number of fused-ring (bicyclic) bond motifs is 3. The number of nitrogens with zero attached hydrogens (tertiary/aromatic N) is 2. The van der Waals surface area contributed by atoms with Gasteiger partial charge in [-0.25, -0.2) is 5.01 Å². The molecule has 2 aliphatic heterocycles. The third-order valence-corrected chi connectivity index (χ3v) is 5.33. The molecule has 0 radical (unpaired) electrons. The first-order valence-corrected chi connectivity index (χ1v) is 9.24. The molecule has 0 amide bonds. The van der Waals surface area contributed by atoms with Crippen molar-refractivity contribution >= 4 is 17.3 Å². The standard InChI is InChI=1S/C22H17ClN2O2/c23-15-11-9-14(10-12-15)18-13-19-16-5-2-4-8-21(16)27-22(25(19)24-18)17-6-1-3-7-20(17)26/h1-12,19,22,26H,13H2/t19-,22-/m1/s1. The third kappa shape index (κ3) is 2.73. The Morgan fingerprint density at radius 1 is 0.926 bits per heavy atom. The SMILES string of the molecule is Oc1ccccc1[C@H]1Oc2ccccc2[C@H]2CC(c3ccc(Cl)cc3)=NN21. The van der Waals surface area contributed by atoms with Crippen LogP contribution in [0, 0.1) is 0 Å². The lowest BCUT2D eigenvalue weighted by Crippen LogP contribution is -2.33. The topological polar surface area (TPSA) is 45.1 Å². The van der Waals surface area contributed by atoms with E-state index in [1.54, 1.807) is 12.1 Å². The number of phenolic OH excluding ortho intramolecular Hbond substituents is 1. The van der Waals surface area contributed by atoms with Crippen molar-refractivity contribution in [2.45, 2.75) is 18.7 Å². The molecule has 0 aliphatic carbocycles. The van der Waals surface area contributed by atoms with Crippen molar-refractivity contribution in [2.75, 3.05) is 0 Å². The van der Waals surface area contributed by atoms with Gasteiger partial charge in [0.1, 0.15) is 11.5 Å². The summed E-state index contributed by atoms with van der Waals surface area (Å²) in [5, 5.41) is 17.9. The fourth-order valence-electron chi connectivity index (χ4n) is 3.75. The molecule has 27 heavy (non-hydrogen) atoms. The molecule has 0 bridgehead atoms. The Balaban J connectivity index is 1.61. The molecule has 2 atom stereocenters. The van der Waals surface area contributed by atoms with Crippen LogP contribution < -0.4 is 4.74 Å². The van der Waals surface area contributed by atoms with Gasteiger partial charge >= 0.3 is 0 Å². The van der Waals surface area contributed by atoms with Gasteiger partial charge in [0.25, 0.3) is 0 Å². The third-order valence-electron chi connectivity index (χ3n) is 5.08. The molecule has 1 N–H and O–H groups in total. The minimum absolute atomic E-state index is 0.0604. The van der Waals surface area contributed by atoms with Crippen LogP contribution in [0.3, 0.4) is 0 Å². The lowest BCUT2D eigenvalue weighted by Gasteiger charge is -2.38. The predicted molar refractivity (Wildman–Crippen MR) is 105 cm³/mol. The smallest absolute Gasteiger partial charge is 0.217 e. The lowest BCUT2D eigenvalue weighted by atomic mass is 9.96. The Hall–Kier alpha value is -2.98. The van der Waals surface area contributed by atoms with E-state index in [0.717, 1.165) is 29.0 Å². The Morgan fingerprint density at radius 3 is 2.41 bits per heavy atom. The summed E-state index contributed by atoms with van der Waals surface area (Å²) in [4.78, 5) is 0. The summed E-state index contributed by atoms with van der Waals surface area (Å²) in [5.74, 6) is 1.04. The van der Waals surface area contributed by atoms with E-state index in [1.807, 2.05) is 59.6 Å². The molecule has 0 fully saturated rings. The predicted octanol–water partition coefficient (Wildman–Crippen LogP) is 5.29. The first-order chi connectivity index (χ1) is 13.2. The van der Waals surface area contributed by atoms with Gasteiger partial charge < -0.3 is 9.84 Å². The van der Waals surface area contributed by atoms with Crippen LogP contribution >= 0.6 is 11.6 Å². The highest BCUT2D eigenvalue weighted by Gasteiger charge is 2.41.